The number of nitriles is 1. The van der Waals surface area contributed by atoms with E-state index in [9.17, 15) is 5.26 Å². The van der Waals surface area contributed by atoms with Crippen molar-refractivity contribution in [3.8, 4) is 6.07 Å². The molecular weight excluding hydrogens is 256 g/mol. The zero-order chi connectivity index (χ0) is 13.8. The van der Waals surface area contributed by atoms with Gasteiger partial charge >= 0.3 is 0 Å². The van der Waals surface area contributed by atoms with Crippen LogP contribution in [0.1, 0.15) is 45.1 Å². The molecule has 0 amide bonds. The van der Waals surface area contributed by atoms with Gasteiger partial charge in [-0.1, -0.05) is 44.4 Å². The van der Waals surface area contributed by atoms with Gasteiger partial charge in [0.05, 0.1) is 16.3 Å². The summed E-state index contributed by atoms with van der Waals surface area (Å²) in [5, 5.41) is 9.93. The largest absolute Gasteiger partial charge is 0.367 e. The number of nitrogens with zero attached hydrogens (tertiary/aromatic N) is 2. The molecule has 2 rings (SSSR count). The summed E-state index contributed by atoms with van der Waals surface area (Å²) in [6.07, 6.45) is 5.04. The van der Waals surface area contributed by atoms with Gasteiger partial charge in [-0.15, -0.1) is 0 Å². The molecular formula is C16H21ClN2. The van der Waals surface area contributed by atoms with Crippen molar-refractivity contribution in [1.82, 2.24) is 0 Å². The minimum atomic E-state index is 0.562. The summed E-state index contributed by atoms with van der Waals surface area (Å²) in [7, 11) is 0. The van der Waals surface area contributed by atoms with Crippen molar-refractivity contribution < 1.29 is 0 Å². The van der Waals surface area contributed by atoms with E-state index in [-0.39, 0.29) is 0 Å². The van der Waals surface area contributed by atoms with Crippen LogP contribution in [0.5, 0.6) is 0 Å². The Labute approximate surface area is 121 Å². The average molecular weight is 277 g/mol. The zero-order valence-corrected chi connectivity index (χ0v) is 12.5. The summed E-state index contributed by atoms with van der Waals surface area (Å²) >= 11 is 6.17. The van der Waals surface area contributed by atoms with Crippen molar-refractivity contribution >= 4 is 17.3 Å². The molecule has 0 spiro atoms. The van der Waals surface area contributed by atoms with Crippen molar-refractivity contribution in [2.75, 3.05) is 11.4 Å². The number of rotatable bonds is 4. The molecule has 1 aromatic carbocycles. The van der Waals surface area contributed by atoms with Gasteiger partial charge in [0.2, 0.25) is 0 Å². The van der Waals surface area contributed by atoms with Gasteiger partial charge in [-0.25, -0.2) is 0 Å². The molecule has 0 unspecified atom stereocenters. The first kappa shape index (κ1) is 14.2. The third-order valence-corrected chi connectivity index (χ3v) is 4.06. The number of anilines is 1. The Kier molecular flexibility index (Phi) is 4.71. The van der Waals surface area contributed by atoms with Gasteiger partial charge in [0.15, 0.2) is 0 Å². The van der Waals surface area contributed by atoms with Crippen LogP contribution in [0, 0.1) is 17.2 Å². The highest BCUT2D eigenvalue weighted by Gasteiger charge is 2.25. The summed E-state index contributed by atoms with van der Waals surface area (Å²) in [6, 6.07) is 8.61. The Morgan fingerprint density at radius 2 is 2.05 bits per heavy atom. The van der Waals surface area contributed by atoms with Crippen LogP contribution < -0.4 is 4.90 Å². The van der Waals surface area contributed by atoms with E-state index in [1.165, 1.54) is 25.7 Å². The first-order chi connectivity index (χ1) is 9.13. The second-order valence-electron chi connectivity index (χ2n) is 5.73. The van der Waals surface area contributed by atoms with E-state index in [1.807, 2.05) is 12.1 Å². The van der Waals surface area contributed by atoms with Crippen LogP contribution in [0.4, 0.5) is 5.69 Å². The topological polar surface area (TPSA) is 27.0 Å². The van der Waals surface area contributed by atoms with Crippen molar-refractivity contribution in [3.63, 3.8) is 0 Å². The quantitative estimate of drug-likeness (QED) is 0.802. The lowest BCUT2D eigenvalue weighted by Gasteiger charge is -2.33. The number of halogens is 1. The second-order valence-corrected chi connectivity index (χ2v) is 6.14. The summed E-state index contributed by atoms with van der Waals surface area (Å²) in [5.74, 6) is 0.575. The molecule has 19 heavy (non-hydrogen) atoms. The normalized spacial score (nSPS) is 15.7. The molecule has 0 atom stereocenters. The molecule has 102 valence electrons. The maximum absolute atomic E-state index is 9.36. The first-order valence-corrected chi connectivity index (χ1v) is 7.46. The molecule has 2 nitrogen and oxygen atoms in total. The SMILES string of the molecule is CC(C)CN(c1cccc(Cl)c1C#N)C1CCCC1. The highest BCUT2D eigenvalue weighted by Crippen LogP contribution is 2.33. The van der Waals surface area contributed by atoms with E-state index >= 15 is 0 Å². The Balaban J connectivity index is 2.37. The van der Waals surface area contributed by atoms with Gasteiger partial charge < -0.3 is 4.90 Å². The number of hydrogen-bond acceptors (Lipinski definition) is 2. The van der Waals surface area contributed by atoms with E-state index in [2.05, 4.69) is 24.8 Å². The van der Waals surface area contributed by atoms with Crippen LogP contribution >= 0.6 is 11.6 Å². The molecule has 0 radical (unpaired) electrons. The van der Waals surface area contributed by atoms with Crippen LogP contribution in [0.2, 0.25) is 5.02 Å². The lowest BCUT2D eigenvalue weighted by Crippen LogP contribution is -2.36. The molecule has 3 heteroatoms. The van der Waals surface area contributed by atoms with Crippen molar-refractivity contribution in [2.24, 2.45) is 5.92 Å². The van der Waals surface area contributed by atoms with Gasteiger partial charge in [0.1, 0.15) is 6.07 Å². The molecule has 0 N–H and O–H groups in total. The van der Waals surface area contributed by atoms with Crippen LogP contribution in [-0.4, -0.2) is 12.6 Å². The number of hydrogen-bond donors (Lipinski definition) is 0. The fraction of sp³-hybridized carbons (Fsp3) is 0.562. The monoisotopic (exact) mass is 276 g/mol. The predicted molar refractivity (Wildman–Crippen MR) is 80.6 cm³/mol. The summed E-state index contributed by atoms with van der Waals surface area (Å²) < 4.78 is 0. The van der Waals surface area contributed by atoms with Crippen molar-refractivity contribution in [2.45, 2.75) is 45.6 Å². The second kappa shape index (κ2) is 6.30. The molecule has 0 saturated heterocycles. The van der Waals surface area contributed by atoms with E-state index in [0.717, 1.165) is 12.2 Å². The molecule has 1 aliphatic carbocycles. The third kappa shape index (κ3) is 3.22. The van der Waals surface area contributed by atoms with Crippen LogP contribution in [0.25, 0.3) is 0 Å². The Morgan fingerprint density at radius 1 is 1.37 bits per heavy atom. The molecule has 1 saturated carbocycles. The minimum absolute atomic E-state index is 0.562. The van der Waals surface area contributed by atoms with Gasteiger partial charge in [-0.3, -0.25) is 0 Å². The summed E-state index contributed by atoms with van der Waals surface area (Å²) in [5.41, 5.74) is 1.63. The fourth-order valence-electron chi connectivity index (χ4n) is 2.92. The average Bonchev–Trinajstić information content (AvgIpc) is 2.89. The van der Waals surface area contributed by atoms with Gasteiger partial charge in [-0.2, -0.15) is 5.26 Å². The summed E-state index contributed by atoms with van der Waals surface area (Å²) in [4.78, 5) is 2.40. The van der Waals surface area contributed by atoms with E-state index in [1.54, 1.807) is 6.07 Å². The maximum Gasteiger partial charge on any atom is 0.103 e. The zero-order valence-electron chi connectivity index (χ0n) is 11.7. The van der Waals surface area contributed by atoms with Crippen molar-refractivity contribution in [1.29, 1.82) is 5.26 Å². The fourth-order valence-corrected chi connectivity index (χ4v) is 3.13. The Bertz CT molecular complexity index is 470. The van der Waals surface area contributed by atoms with Crippen LogP contribution in [0.15, 0.2) is 18.2 Å². The lowest BCUT2D eigenvalue weighted by atomic mass is 10.1. The van der Waals surface area contributed by atoms with E-state index in [0.29, 0.717) is 22.5 Å². The first-order valence-electron chi connectivity index (χ1n) is 7.08. The van der Waals surface area contributed by atoms with Crippen LogP contribution in [-0.2, 0) is 0 Å². The van der Waals surface area contributed by atoms with Crippen molar-refractivity contribution in [3.05, 3.63) is 28.8 Å². The molecule has 1 aliphatic rings. The molecule has 0 aromatic heterocycles. The molecule has 0 heterocycles. The Morgan fingerprint density at radius 3 is 2.63 bits per heavy atom. The standard InChI is InChI=1S/C16H21ClN2/c1-12(2)11-19(13-6-3-4-7-13)16-9-5-8-15(17)14(16)10-18/h5,8-9,12-13H,3-4,6-7,11H2,1-2H3. The van der Waals surface area contributed by atoms with Gasteiger partial charge in [0, 0.05) is 12.6 Å². The molecule has 0 aliphatic heterocycles. The third-order valence-electron chi connectivity index (χ3n) is 3.74. The van der Waals surface area contributed by atoms with Crippen LogP contribution in [0.3, 0.4) is 0 Å². The predicted octanol–water partition coefficient (Wildman–Crippen LogP) is 4.62. The minimum Gasteiger partial charge on any atom is -0.367 e. The van der Waals surface area contributed by atoms with Gasteiger partial charge in [0.25, 0.3) is 0 Å². The van der Waals surface area contributed by atoms with E-state index in [4.69, 9.17) is 11.6 Å². The molecule has 1 fully saturated rings. The smallest absolute Gasteiger partial charge is 0.103 e. The summed E-state index contributed by atoms with van der Waals surface area (Å²) in [6.45, 7) is 5.43. The van der Waals surface area contributed by atoms with E-state index < -0.39 is 0 Å². The van der Waals surface area contributed by atoms with Gasteiger partial charge in [-0.05, 0) is 30.9 Å². The maximum atomic E-state index is 9.36. The molecule has 0 bridgehead atoms. The highest BCUT2D eigenvalue weighted by molar-refractivity contribution is 6.32. The molecule has 1 aromatic rings. The highest BCUT2D eigenvalue weighted by atomic mass is 35.5. The number of benzene rings is 1. The lowest BCUT2D eigenvalue weighted by molar-refractivity contribution is 0.535. The Hall–Kier alpha value is -1.20.